The van der Waals surface area contributed by atoms with Gasteiger partial charge in [-0.3, -0.25) is 4.99 Å². The zero-order valence-electron chi connectivity index (χ0n) is 16.6. The Kier molecular flexibility index (Phi) is 7.62. The standard InChI is InChI=1S/C21H16Cl3FN4.CH5N/c22-12-1-2-19-14(6-12)15-7-13(5-11(21(15)29-19)3-4-27-10-26)28-20-9-18(25)16(23)8-17(20)24;1-2/h1-2,5-10,28-29H,3-4H2,(H2,26,27);2H2,1H3. The third kappa shape index (κ3) is 5.05. The number of hydrogen-bond donors (Lipinski definition) is 4. The monoisotopic (exact) mass is 479 g/mol. The summed E-state index contributed by atoms with van der Waals surface area (Å²) in [6, 6.07) is 12.3. The van der Waals surface area contributed by atoms with E-state index < -0.39 is 5.82 Å². The van der Waals surface area contributed by atoms with Gasteiger partial charge < -0.3 is 21.8 Å². The predicted octanol–water partition coefficient (Wildman–Crippen LogP) is 6.27. The number of benzene rings is 3. The van der Waals surface area contributed by atoms with Gasteiger partial charge in [-0.25, -0.2) is 4.39 Å². The average molecular weight is 481 g/mol. The van der Waals surface area contributed by atoms with E-state index in [4.69, 9.17) is 40.5 Å². The van der Waals surface area contributed by atoms with E-state index in [1.54, 1.807) is 0 Å². The zero-order valence-corrected chi connectivity index (χ0v) is 18.9. The lowest BCUT2D eigenvalue weighted by atomic mass is 10.0. The van der Waals surface area contributed by atoms with E-state index in [2.05, 4.69) is 21.0 Å². The van der Waals surface area contributed by atoms with Gasteiger partial charge in [-0.1, -0.05) is 34.8 Å². The van der Waals surface area contributed by atoms with E-state index in [9.17, 15) is 4.39 Å². The molecule has 162 valence electrons. The molecule has 0 fully saturated rings. The van der Waals surface area contributed by atoms with Gasteiger partial charge in [-0.2, -0.15) is 0 Å². The van der Waals surface area contributed by atoms with Crippen molar-refractivity contribution in [1.29, 1.82) is 0 Å². The number of nitrogens with two attached hydrogens (primary N) is 2. The number of rotatable bonds is 5. The summed E-state index contributed by atoms with van der Waals surface area (Å²) in [5.74, 6) is -0.545. The van der Waals surface area contributed by atoms with Gasteiger partial charge in [0.05, 0.1) is 22.1 Å². The van der Waals surface area contributed by atoms with Crippen LogP contribution < -0.4 is 16.8 Å². The van der Waals surface area contributed by atoms with Gasteiger partial charge >= 0.3 is 0 Å². The highest BCUT2D eigenvalue weighted by Gasteiger charge is 2.13. The van der Waals surface area contributed by atoms with Crippen molar-refractivity contribution in [1.82, 2.24) is 4.98 Å². The molecule has 1 heterocycles. The van der Waals surface area contributed by atoms with Gasteiger partial charge in [0.25, 0.3) is 0 Å². The third-order valence-electron chi connectivity index (χ3n) is 4.66. The maximum atomic E-state index is 13.9. The lowest BCUT2D eigenvalue weighted by Gasteiger charge is -2.12. The first-order valence-electron chi connectivity index (χ1n) is 9.39. The molecular formula is C22H21Cl3FN5. The van der Waals surface area contributed by atoms with Crippen LogP contribution in [0.4, 0.5) is 15.8 Å². The summed E-state index contributed by atoms with van der Waals surface area (Å²) < 4.78 is 13.9. The molecule has 3 aromatic carbocycles. The summed E-state index contributed by atoms with van der Waals surface area (Å²) in [4.78, 5) is 7.55. The molecular weight excluding hydrogens is 460 g/mol. The van der Waals surface area contributed by atoms with Crippen LogP contribution in [0.25, 0.3) is 21.8 Å². The van der Waals surface area contributed by atoms with Crippen molar-refractivity contribution in [2.24, 2.45) is 16.5 Å². The number of anilines is 2. The number of hydrogen-bond acceptors (Lipinski definition) is 3. The second-order valence-electron chi connectivity index (χ2n) is 6.55. The molecule has 0 aliphatic heterocycles. The largest absolute Gasteiger partial charge is 0.390 e. The summed E-state index contributed by atoms with van der Waals surface area (Å²) in [6.45, 7) is 0.543. The molecule has 0 radical (unpaired) electrons. The van der Waals surface area contributed by atoms with Crippen LogP contribution >= 0.6 is 34.8 Å². The molecule has 0 unspecified atom stereocenters. The summed E-state index contributed by atoms with van der Waals surface area (Å²) in [5, 5.41) is 6.12. The minimum absolute atomic E-state index is 0.0254. The SMILES string of the molecule is CN.NC=NCCc1cc(Nc2cc(F)c(Cl)cc2Cl)cc2c1[nH]c1ccc(Cl)cc12. The first-order chi connectivity index (χ1) is 15.0. The highest BCUT2D eigenvalue weighted by atomic mass is 35.5. The molecule has 0 spiro atoms. The van der Waals surface area contributed by atoms with Crippen molar-refractivity contribution in [2.45, 2.75) is 6.42 Å². The number of aromatic nitrogens is 1. The second kappa shape index (κ2) is 10.2. The van der Waals surface area contributed by atoms with Crippen molar-refractivity contribution in [3.05, 3.63) is 68.9 Å². The average Bonchev–Trinajstić information content (AvgIpc) is 3.12. The minimum atomic E-state index is -0.545. The summed E-state index contributed by atoms with van der Waals surface area (Å²) in [7, 11) is 1.50. The molecule has 4 rings (SSSR count). The van der Waals surface area contributed by atoms with Gasteiger partial charge in [0.1, 0.15) is 5.82 Å². The molecule has 4 aromatic rings. The first kappa shape index (κ1) is 23.2. The second-order valence-corrected chi connectivity index (χ2v) is 7.80. The fourth-order valence-corrected chi connectivity index (χ4v) is 3.95. The fraction of sp³-hybridized carbons (Fsp3) is 0.136. The predicted molar refractivity (Wildman–Crippen MR) is 132 cm³/mol. The molecule has 6 N–H and O–H groups in total. The summed E-state index contributed by atoms with van der Waals surface area (Å²) >= 11 is 18.2. The highest BCUT2D eigenvalue weighted by molar-refractivity contribution is 6.36. The van der Waals surface area contributed by atoms with Crippen LogP contribution in [0.1, 0.15) is 5.56 Å². The highest BCUT2D eigenvalue weighted by Crippen LogP contribution is 2.35. The van der Waals surface area contributed by atoms with Crippen LogP contribution in [0.2, 0.25) is 15.1 Å². The molecule has 0 atom stereocenters. The van der Waals surface area contributed by atoms with Crippen molar-refractivity contribution < 1.29 is 4.39 Å². The van der Waals surface area contributed by atoms with Crippen molar-refractivity contribution in [3.8, 4) is 0 Å². The first-order valence-corrected chi connectivity index (χ1v) is 10.5. The Morgan fingerprint density at radius 2 is 1.81 bits per heavy atom. The van der Waals surface area contributed by atoms with Crippen LogP contribution in [0.3, 0.4) is 0 Å². The Morgan fingerprint density at radius 3 is 2.55 bits per heavy atom. The van der Waals surface area contributed by atoms with E-state index in [-0.39, 0.29) is 5.02 Å². The van der Waals surface area contributed by atoms with Gasteiger partial charge in [0.15, 0.2) is 0 Å². The lowest BCUT2D eigenvalue weighted by Crippen LogP contribution is -1.98. The quantitative estimate of drug-likeness (QED) is 0.154. The molecule has 0 amide bonds. The summed E-state index contributed by atoms with van der Waals surface area (Å²) in [6.07, 6.45) is 1.96. The van der Waals surface area contributed by atoms with Crippen LogP contribution in [-0.4, -0.2) is 24.9 Å². The molecule has 9 heteroatoms. The van der Waals surface area contributed by atoms with Crippen molar-refractivity contribution in [3.63, 3.8) is 0 Å². The van der Waals surface area contributed by atoms with Crippen LogP contribution in [-0.2, 0) is 6.42 Å². The maximum Gasteiger partial charge on any atom is 0.143 e. The van der Waals surface area contributed by atoms with E-state index in [0.29, 0.717) is 28.7 Å². The van der Waals surface area contributed by atoms with Gasteiger partial charge in [0, 0.05) is 45.1 Å². The van der Waals surface area contributed by atoms with Crippen molar-refractivity contribution >= 4 is 74.3 Å². The van der Waals surface area contributed by atoms with E-state index in [0.717, 1.165) is 33.1 Å². The molecule has 0 aliphatic carbocycles. The normalized spacial score (nSPS) is 11.2. The van der Waals surface area contributed by atoms with Gasteiger partial charge in [0.2, 0.25) is 0 Å². The lowest BCUT2D eigenvalue weighted by molar-refractivity contribution is 0.629. The number of halogens is 4. The van der Waals surface area contributed by atoms with Crippen LogP contribution in [0.15, 0.2) is 47.5 Å². The minimum Gasteiger partial charge on any atom is -0.390 e. The van der Waals surface area contributed by atoms with Crippen LogP contribution in [0, 0.1) is 5.82 Å². The van der Waals surface area contributed by atoms with Crippen molar-refractivity contribution in [2.75, 3.05) is 18.9 Å². The topological polar surface area (TPSA) is 92.2 Å². The Balaban J connectivity index is 0.00000132. The number of aromatic amines is 1. The molecule has 0 saturated heterocycles. The Bertz CT molecular complexity index is 1250. The van der Waals surface area contributed by atoms with Gasteiger partial charge in [-0.15, -0.1) is 0 Å². The molecule has 0 bridgehead atoms. The molecule has 31 heavy (non-hydrogen) atoms. The van der Waals surface area contributed by atoms with E-state index >= 15 is 0 Å². The van der Waals surface area contributed by atoms with Crippen LogP contribution in [0.5, 0.6) is 0 Å². The van der Waals surface area contributed by atoms with E-state index in [1.807, 2.05) is 30.3 Å². The zero-order chi connectivity index (χ0) is 22.5. The summed E-state index contributed by atoms with van der Waals surface area (Å²) in [5.41, 5.74) is 14.1. The molecule has 5 nitrogen and oxygen atoms in total. The Morgan fingerprint density at radius 1 is 1.03 bits per heavy atom. The van der Waals surface area contributed by atoms with Gasteiger partial charge in [-0.05, 0) is 55.4 Å². The molecule has 0 saturated carbocycles. The maximum absolute atomic E-state index is 13.9. The number of fused-ring (bicyclic) bond motifs is 3. The smallest absolute Gasteiger partial charge is 0.143 e. The molecule has 1 aromatic heterocycles. The number of aliphatic imine (C=N–C) groups is 1. The van der Waals surface area contributed by atoms with E-state index in [1.165, 1.54) is 25.5 Å². The number of nitrogens with zero attached hydrogens (tertiary/aromatic N) is 1. The number of H-pyrrole nitrogens is 1. The Hall–Kier alpha value is -2.51. The number of nitrogens with one attached hydrogen (secondary N) is 2. The Labute approximate surface area is 194 Å². The molecule has 0 aliphatic rings. The third-order valence-corrected chi connectivity index (χ3v) is 5.49. The fourth-order valence-electron chi connectivity index (χ4n) is 3.35.